The van der Waals surface area contributed by atoms with Gasteiger partial charge in [0.25, 0.3) is 0 Å². The molecule has 0 unspecified atom stereocenters. The summed E-state index contributed by atoms with van der Waals surface area (Å²) >= 11 is 0. The van der Waals surface area contributed by atoms with Gasteiger partial charge in [-0.3, -0.25) is 9.48 Å². The molecular weight excluding hydrogens is 166 g/mol. The van der Waals surface area contributed by atoms with Crippen molar-refractivity contribution in [3.8, 4) is 0 Å². The molecule has 1 aliphatic rings. The second-order valence-electron chi connectivity index (χ2n) is 3.90. The lowest BCUT2D eigenvalue weighted by Crippen LogP contribution is -2.15. The number of ketones is 1. The maximum Gasteiger partial charge on any atom is 0.136 e. The van der Waals surface area contributed by atoms with Crippen LogP contribution >= 0.6 is 0 Å². The van der Waals surface area contributed by atoms with E-state index in [9.17, 15) is 4.79 Å². The molecule has 0 bridgehead atoms. The van der Waals surface area contributed by atoms with E-state index in [1.54, 1.807) is 11.6 Å². The minimum atomic E-state index is -0.0873. The summed E-state index contributed by atoms with van der Waals surface area (Å²) in [6, 6.07) is 0. The third-order valence-corrected chi connectivity index (χ3v) is 2.77. The molecule has 0 radical (unpaired) electrons. The van der Waals surface area contributed by atoms with E-state index >= 15 is 0 Å². The first-order valence-electron chi connectivity index (χ1n) is 4.49. The van der Waals surface area contributed by atoms with E-state index < -0.39 is 0 Å². The Labute approximate surface area is 76.9 Å². The number of hydrogen-bond acceptors (Lipinski definition) is 3. The van der Waals surface area contributed by atoms with Gasteiger partial charge >= 0.3 is 0 Å². The average molecular weight is 179 g/mol. The van der Waals surface area contributed by atoms with Crippen LogP contribution in [0.25, 0.3) is 0 Å². The van der Waals surface area contributed by atoms with Gasteiger partial charge in [-0.2, -0.15) is 0 Å². The van der Waals surface area contributed by atoms with Crippen molar-refractivity contribution in [2.24, 2.45) is 12.5 Å². The fourth-order valence-corrected chi connectivity index (χ4v) is 1.63. The first-order valence-corrected chi connectivity index (χ1v) is 4.49. The Balaban J connectivity index is 2.10. The predicted octanol–water partition coefficient (Wildman–Crippen LogP) is 0.727. The quantitative estimate of drug-likeness (QED) is 0.687. The Kier molecular flexibility index (Phi) is 1.71. The van der Waals surface area contributed by atoms with Gasteiger partial charge in [-0.15, -0.1) is 5.10 Å². The minimum Gasteiger partial charge on any atom is -0.299 e. The van der Waals surface area contributed by atoms with Crippen molar-refractivity contribution < 1.29 is 4.79 Å². The molecule has 0 amide bonds. The molecule has 0 saturated heterocycles. The fourth-order valence-electron chi connectivity index (χ4n) is 1.63. The Morgan fingerprint density at radius 1 is 1.69 bits per heavy atom. The summed E-state index contributed by atoms with van der Waals surface area (Å²) in [6.07, 6.45) is 4.66. The van der Waals surface area contributed by atoms with Crippen LogP contribution in [0, 0.1) is 5.41 Å². The highest BCUT2D eigenvalue weighted by molar-refractivity contribution is 5.85. The topological polar surface area (TPSA) is 47.8 Å². The summed E-state index contributed by atoms with van der Waals surface area (Å²) in [5.41, 5.74) is 0.839. The second-order valence-corrected chi connectivity index (χ2v) is 3.90. The van der Waals surface area contributed by atoms with E-state index in [-0.39, 0.29) is 11.2 Å². The molecule has 1 heterocycles. The van der Waals surface area contributed by atoms with E-state index in [0.717, 1.165) is 25.0 Å². The van der Waals surface area contributed by atoms with E-state index in [1.807, 2.05) is 13.2 Å². The van der Waals surface area contributed by atoms with Crippen molar-refractivity contribution in [3.63, 3.8) is 0 Å². The van der Waals surface area contributed by atoms with Gasteiger partial charge in [-0.1, -0.05) is 5.21 Å². The molecule has 1 aromatic rings. The van der Waals surface area contributed by atoms with Crippen molar-refractivity contribution in [1.29, 1.82) is 0 Å². The molecule has 0 atom stereocenters. The molecule has 0 N–H and O–H groups in total. The summed E-state index contributed by atoms with van der Waals surface area (Å²) < 4.78 is 1.67. The van der Waals surface area contributed by atoms with E-state index in [2.05, 4.69) is 10.3 Å². The zero-order chi connectivity index (χ0) is 9.47. The number of carbonyl (C=O) groups is 1. The number of hydrogen-bond donors (Lipinski definition) is 0. The number of Topliss-reactive ketones (excluding diaryl/α,β-unsaturated/α-hetero) is 1. The standard InChI is InChI=1S/C9H13N3O/c1-7(13)9(3-4-9)5-8-6-12(2)11-10-8/h6H,3-5H2,1-2H3. The second kappa shape index (κ2) is 2.65. The van der Waals surface area contributed by atoms with Crippen LogP contribution in [-0.4, -0.2) is 20.8 Å². The van der Waals surface area contributed by atoms with Gasteiger partial charge in [-0.05, 0) is 19.8 Å². The number of rotatable bonds is 3. The molecule has 4 nitrogen and oxygen atoms in total. The summed E-state index contributed by atoms with van der Waals surface area (Å²) in [7, 11) is 1.84. The summed E-state index contributed by atoms with van der Waals surface area (Å²) in [5.74, 6) is 0.290. The number of aromatic nitrogens is 3. The van der Waals surface area contributed by atoms with Crippen LogP contribution in [0.4, 0.5) is 0 Å². The summed E-state index contributed by atoms with van der Waals surface area (Å²) in [5, 5.41) is 7.83. The van der Waals surface area contributed by atoms with Crippen LogP contribution in [0.3, 0.4) is 0 Å². The first kappa shape index (κ1) is 8.41. The predicted molar refractivity (Wildman–Crippen MR) is 47.1 cm³/mol. The Bertz CT molecular complexity index is 338. The van der Waals surface area contributed by atoms with Crippen LogP contribution in [0.15, 0.2) is 6.20 Å². The largest absolute Gasteiger partial charge is 0.299 e. The molecule has 70 valence electrons. The lowest BCUT2D eigenvalue weighted by Gasteiger charge is -2.06. The lowest BCUT2D eigenvalue weighted by atomic mass is 9.96. The Morgan fingerprint density at radius 3 is 2.77 bits per heavy atom. The number of nitrogens with zero attached hydrogens (tertiary/aromatic N) is 3. The zero-order valence-electron chi connectivity index (χ0n) is 7.95. The van der Waals surface area contributed by atoms with Crippen molar-refractivity contribution in [2.75, 3.05) is 0 Å². The van der Waals surface area contributed by atoms with E-state index in [0.29, 0.717) is 0 Å². The van der Waals surface area contributed by atoms with Crippen LogP contribution in [0.1, 0.15) is 25.5 Å². The SMILES string of the molecule is CC(=O)C1(Cc2cn(C)nn2)CC1. The third-order valence-electron chi connectivity index (χ3n) is 2.77. The van der Waals surface area contributed by atoms with E-state index in [4.69, 9.17) is 0 Å². The van der Waals surface area contributed by atoms with Crippen LogP contribution in [-0.2, 0) is 18.3 Å². The molecule has 1 aromatic heterocycles. The van der Waals surface area contributed by atoms with Crippen molar-refractivity contribution in [3.05, 3.63) is 11.9 Å². The van der Waals surface area contributed by atoms with Crippen LogP contribution in [0.5, 0.6) is 0 Å². The molecule has 1 saturated carbocycles. The van der Waals surface area contributed by atoms with Gasteiger partial charge in [0, 0.05) is 25.1 Å². The highest BCUT2D eigenvalue weighted by atomic mass is 16.1. The van der Waals surface area contributed by atoms with Crippen molar-refractivity contribution in [1.82, 2.24) is 15.0 Å². The van der Waals surface area contributed by atoms with Crippen molar-refractivity contribution in [2.45, 2.75) is 26.2 Å². The van der Waals surface area contributed by atoms with E-state index in [1.165, 1.54) is 0 Å². The highest BCUT2D eigenvalue weighted by Crippen LogP contribution is 2.48. The summed E-state index contributed by atoms with van der Waals surface area (Å²) in [4.78, 5) is 11.3. The molecule has 0 aliphatic heterocycles. The molecular formula is C9H13N3O. The van der Waals surface area contributed by atoms with Gasteiger partial charge in [0.1, 0.15) is 5.78 Å². The van der Waals surface area contributed by atoms with Gasteiger partial charge in [-0.25, -0.2) is 0 Å². The molecule has 4 heteroatoms. The number of carbonyl (C=O) groups excluding carboxylic acids is 1. The van der Waals surface area contributed by atoms with Gasteiger partial charge in [0.15, 0.2) is 0 Å². The zero-order valence-corrected chi connectivity index (χ0v) is 7.95. The monoisotopic (exact) mass is 179 g/mol. The van der Waals surface area contributed by atoms with Gasteiger partial charge in [0.05, 0.1) is 5.69 Å². The normalized spacial score (nSPS) is 18.6. The van der Waals surface area contributed by atoms with Gasteiger partial charge < -0.3 is 0 Å². The molecule has 0 aromatic carbocycles. The molecule has 1 aliphatic carbocycles. The Morgan fingerprint density at radius 2 is 2.38 bits per heavy atom. The Hall–Kier alpha value is -1.19. The van der Waals surface area contributed by atoms with Crippen LogP contribution < -0.4 is 0 Å². The fraction of sp³-hybridized carbons (Fsp3) is 0.667. The summed E-state index contributed by atoms with van der Waals surface area (Å²) in [6.45, 7) is 1.67. The molecule has 0 spiro atoms. The third kappa shape index (κ3) is 1.48. The van der Waals surface area contributed by atoms with Crippen molar-refractivity contribution >= 4 is 5.78 Å². The maximum absolute atomic E-state index is 11.3. The first-order chi connectivity index (χ1) is 6.12. The van der Waals surface area contributed by atoms with Gasteiger partial charge in [0.2, 0.25) is 0 Å². The number of aryl methyl sites for hydroxylation is 1. The average Bonchev–Trinajstić information content (AvgIpc) is 2.72. The molecule has 1 fully saturated rings. The molecule has 2 rings (SSSR count). The highest BCUT2D eigenvalue weighted by Gasteiger charge is 2.47. The lowest BCUT2D eigenvalue weighted by molar-refractivity contribution is -0.122. The maximum atomic E-state index is 11.3. The molecule has 13 heavy (non-hydrogen) atoms. The van der Waals surface area contributed by atoms with Crippen LogP contribution in [0.2, 0.25) is 0 Å². The minimum absolute atomic E-state index is 0.0873. The smallest absolute Gasteiger partial charge is 0.136 e.